The van der Waals surface area contributed by atoms with Gasteiger partial charge in [-0.25, -0.2) is 4.79 Å². The summed E-state index contributed by atoms with van der Waals surface area (Å²) in [5.74, 6) is 1.76. The van der Waals surface area contributed by atoms with Gasteiger partial charge in [0.15, 0.2) is 22.5 Å². The number of aliphatic carboxylic acids is 1. The first-order valence-corrected chi connectivity index (χ1v) is 12.3. The highest BCUT2D eigenvalue weighted by Gasteiger charge is 2.20. The number of hydrogen-bond donors (Lipinski definition) is 1. The van der Waals surface area contributed by atoms with Gasteiger partial charge >= 0.3 is 5.97 Å². The van der Waals surface area contributed by atoms with Crippen molar-refractivity contribution in [3.05, 3.63) is 45.3 Å². The van der Waals surface area contributed by atoms with Crippen LogP contribution in [-0.4, -0.2) is 53.8 Å². The molecule has 0 unspecified atom stereocenters. The average molecular weight is 564 g/mol. The number of carbonyl (C=O) groups is 1. The lowest BCUT2D eigenvalue weighted by Gasteiger charge is -2.12. The normalized spacial score (nSPS) is 11.3. The Kier molecular flexibility index (Phi) is 9.05. The number of thioether (sulfide) groups is 1. The third-order valence-corrected chi connectivity index (χ3v) is 6.47. The molecule has 35 heavy (non-hydrogen) atoms. The SMILES string of the molecule is CCOc1cc(/C=C(\Sc2nnc(-c3cc(OC)cc(OC)c3)n2CC)C(=O)O)cc(Br)c1OC. The summed E-state index contributed by atoms with van der Waals surface area (Å²) in [5, 5.41) is 18.9. The zero-order chi connectivity index (χ0) is 25.5. The van der Waals surface area contributed by atoms with Crippen LogP contribution in [0.5, 0.6) is 23.0 Å². The molecule has 1 heterocycles. The summed E-state index contributed by atoms with van der Waals surface area (Å²) in [7, 11) is 4.69. The summed E-state index contributed by atoms with van der Waals surface area (Å²) in [6, 6.07) is 8.91. The van der Waals surface area contributed by atoms with Gasteiger partial charge in [0.25, 0.3) is 0 Å². The third-order valence-electron chi connectivity index (χ3n) is 4.89. The van der Waals surface area contributed by atoms with Gasteiger partial charge in [-0.3, -0.25) is 0 Å². The molecule has 0 saturated carbocycles. The Bertz CT molecular complexity index is 1220. The van der Waals surface area contributed by atoms with Crippen LogP contribution in [0.15, 0.2) is 44.9 Å². The van der Waals surface area contributed by atoms with Crippen LogP contribution in [0.4, 0.5) is 0 Å². The molecule has 2 aromatic carbocycles. The van der Waals surface area contributed by atoms with E-state index in [0.29, 0.717) is 57.2 Å². The van der Waals surface area contributed by atoms with E-state index in [0.717, 1.165) is 17.3 Å². The third kappa shape index (κ3) is 6.09. The fourth-order valence-corrected chi connectivity index (χ4v) is 4.82. The number of hydrogen-bond acceptors (Lipinski definition) is 8. The maximum absolute atomic E-state index is 12.1. The monoisotopic (exact) mass is 563 g/mol. The van der Waals surface area contributed by atoms with Crippen LogP contribution >= 0.6 is 27.7 Å². The average Bonchev–Trinajstić information content (AvgIpc) is 3.25. The largest absolute Gasteiger partial charge is 0.497 e. The van der Waals surface area contributed by atoms with Crippen LogP contribution < -0.4 is 18.9 Å². The minimum absolute atomic E-state index is 0.0707. The van der Waals surface area contributed by atoms with Gasteiger partial charge in [-0.2, -0.15) is 0 Å². The molecule has 0 aliphatic carbocycles. The van der Waals surface area contributed by atoms with Gasteiger partial charge in [-0.05, 0) is 77.4 Å². The molecule has 3 aromatic rings. The molecule has 0 atom stereocenters. The molecular weight excluding hydrogens is 538 g/mol. The topological polar surface area (TPSA) is 105 Å². The van der Waals surface area contributed by atoms with Crippen molar-refractivity contribution in [2.75, 3.05) is 27.9 Å². The number of ether oxygens (including phenoxy) is 4. The fourth-order valence-electron chi connectivity index (χ4n) is 3.32. The zero-order valence-corrected chi connectivity index (χ0v) is 22.4. The number of carboxylic acids is 1. The van der Waals surface area contributed by atoms with E-state index in [2.05, 4.69) is 26.1 Å². The predicted octanol–water partition coefficient (Wildman–Crippen LogP) is 5.37. The summed E-state index contributed by atoms with van der Waals surface area (Å²) >= 11 is 4.48. The van der Waals surface area contributed by atoms with E-state index >= 15 is 0 Å². The maximum atomic E-state index is 12.1. The maximum Gasteiger partial charge on any atom is 0.342 e. The Balaban J connectivity index is 2.02. The lowest BCUT2D eigenvalue weighted by atomic mass is 10.2. The van der Waals surface area contributed by atoms with Crippen molar-refractivity contribution in [2.24, 2.45) is 0 Å². The first kappa shape index (κ1) is 26.4. The lowest BCUT2D eigenvalue weighted by molar-refractivity contribution is -0.131. The van der Waals surface area contributed by atoms with Crippen LogP contribution in [0.25, 0.3) is 17.5 Å². The van der Waals surface area contributed by atoms with E-state index in [4.69, 9.17) is 18.9 Å². The Morgan fingerprint density at radius 2 is 1.74 bits per heavy atom. The minimum Gasteiger partial charge on any atom is -0.497 e. The molecule has 1 aromatic heterocycles. The van der Waals surface area contributed by atoms with Crippen LogP contribution in [0.2, 0.25) is 0 Å². The Labute approximate surface area is 216 Å². The van der Waals surface area contributed by atoms with E-state index in [1.807, 2.05) is 30.5 Å². The van der Waals surface area contributed by atoms with Gasteiger partial charge in [0, 0.05) is 18.2 Å². The van der Waals surface area contributed by atoms with E-state index in [1.165, 1.54) is 0 Å². The first-order chi connectivity index (χ1) is 16.8. The van der Waals surface area contributed by atoms with E-state index in [9.17, 15) is 9.90 Å². The molecule has 0 bridgehead atoms. The molecule has 186 valence electrons. The first-order valence-electron chi connectivity index (χ1n) is 10.6. The zero-order valence-electron chi connectivity index (χ0n) is 20.0. The smallest absolute Gasteiger partial charge is 0.342 e. The van der Waals surface area contributed by atoms with Crippen LogP contribution in [0, 0.1) is 0 Å². The van der Waals surface area contributed by atoms with Gasteiger partial charge in [-0.15, -0.1) is 10.2 Å². The molecule has 11 heteroatoms. The molecule has 0 aliphatic rings. The number of nitrogens with zero attached hydrogens (tertiary/aromatic N) is 3. The molecule has 0 saturated heterocycles. The summed E-state index contributed by atoms with van der Waals surface area (Å²) in [6.07, 6.45) is 1.56. The number of aromatic nitrogens is 3. The lowest BCUT2D eigenvalue weighted by Crippen LogP contribution is -2.03. The number of halogens is 1. The number of carboxylic acid groups (broad SMARTS) is 1. The molecule has 1 N–H and O–H groups in total. The predicted molar refractivity (Wildman–Crippen MR) is 138 cm³/mol. The Morgan fingerprint density at radius 3 is 2.29 bits per heavy atom. The van der Waals surface area contributed by atoms with Gasteiger partial charge in [0.05, 0.1) is 32.4 Å². The fraction of sp³-hybridized carbons (Fsp3) is 0.292. The number of rotatable bonds is 11. The molecule has 0 fully saturated rings. The highest BCUT2D eigenvalue weighted by Crippen LogP contribution is 2.38. The van der Waals surface area contributed by atoms with E-state index in [1.54, 1.807) is 45.6 Å². The summed E-state index contributed by atoms with van der Waals surface area (Å²) in [5.41, 5.74) is 1.37. The minimum atomic E-state index is -1.09. The van der Waals surface area contributed by atoms with Gasteiger partial charge in [-0.1, -0.05) is 0 Å². The highest BCUT2D eigenvalue weighted by atomic mass is 79.9. The van der Waals surface area contributed by atoms with E-state index in [-0.39, 0.29) is 4.91 Å². The van der Waals surface area contributed by atoms with Crippen molar-refractivity contribution >= 4 is 39.7 Å². The van der Waals surface area contributed by atoms with Crippen molar-refractivity contribution in [1.29, 1.82) is 0 Å². The Hall–Kier alpha value is -3.18. The standard InChI is InChI=1S/C24H26BrN3O6S/c1-6-28-22(15-11-16(31-3)13-17(12-15)32-4)26-27-24(28)35-20(23(29)30)10-14-8-18(25)21(33-5)19(9-14)34-7-2/h8-13H,6-7H2,1-5H3,(H,29,30)/b20-10-. The second-order valence-corrected chi connectivity index (χ2v) is 8.90. The molecule has 3 rings (SSSR count). The summed E-state index contributed by atoms with van der Waals surface area (Å²) in [4.78, 5) is 12.2. The number of methoxy groups -OCH3 is 3. The van der Waals surface area contributed by atoms with Crippen molar-refractivity contribution in [1.82, 2.24) is 14.8 Å². The molecule has 9 nitrogen and oxygen atoms in total. The molecule has 0 spiro atoms. The quantitative estimate of drug-likeness (QED) is 0.243. The van der Waals surface area contributed by atoms with Crippen LogP contribution in [0.1, 0.15) is 19.4 Å². The second-order valence-electron chi connectivity index (χ2n) is 7.03. The van der Waals surface area contributed by atoms with Crippen LogP contribution in [0.3, 0.4) is 0 Å². The summed E-state index contributed by atoms with van der Waals surface area (Å²) < 4.78 is 24.3. The summed E-state index contributed by atoms with van der Waals surface area (Å²) in [6.45, 7) is 4.77. The van der Waals surface area contributed by atoms with Crippen molar-refractivity contribution in [3.8, 4) is 34.4 Å². The molecule has 0 aliphatic heterocycles. The number of benzene rings is 2. The van der Waals surface area contributed by atoms with Gasteiger partial charge < -0.3 is 28.6 Å². The van der Waals surface area contributed by atoms with Crippen molar-refractivity contribution < 1.29 is 28.8 Å². The molecular formula is C24H26BrN3O6S. The van der Waals surface area contributed by atoms with E-state index < -0.39 is 5.97 Å². The van der Waals surface area contributed by atoms with Gasteiger partial charge in [0.2, 0.25) is 0 Å². The van der Waals surface area contributed by atoms with Crippen molar-refractivity contribution in [3.63, 3.8) is 0 Å². The van der Waals surface area contributed by atoms with Gasteiger partial charge in [0.1, 0.15) is 16.4 Å². The second kappa shape index (κ2) is 12.0. The highest BCUT2D eigenvalue weighted by molar-refractivity contribution is 9.10. The molecule has 0 radical (unpaired) electrons. The van der Waals surface area contributed by atoms with Crippen molar-refractivity contribution in [2.45, 2.75) is 25.5 Å². The van der Waals surface area contributed by atoms with Crippen LogP contribution in [-0.2, 0) is 11.3 Å². The molecule has 0 amide bonds. The Morgan fingerprint density at radius 1 is 1.06 bits per heavy atom.